The second-order valence-corrected chi connectivity index (χ2v) is 5.19. The molecule has 2 nitrogen and oxygen atoms in total. The number of hydrogen-bond donors (Lipinski definition) is 0. The number of rotatable bonds is 4. The molecule has 0 aliphatic heterocycles. The lowest BCUT2D eigenvalue weighted by Crippen LogP contribution is -2.01. The zero-order valence-corrected chi connectivity index (χ0v) is 12.0. The molecule has 0 unspecified atom stereocenters. The van der Waals surface area contributed by atoms with Crippen molar-refractivity contribution in [3.63, 3.8) is 0 Å². The first-order chi connectivity index (χ1) is 10.3. The van der Waals surface area contributed by atoms with Gasteiger partial charge in [0.15, 0.2) is 5.78 Å². The molecule has 0 saturated heterocycles. The van der Waals surface area contributed by atoms with Gasteiger partial charge in [0.25, 0.3) is 0 Å². The number of ketones is 1. The third-order valence-electron chi connectivity index (χ3n) is 3.62. The second-order valence-electron chi connectivity index (χ2n) is 5.19. The Morgan fingerprint density at radius 3 is 2.52 bits per heavy atom. The normalized spacial score (nSPS) is 10.7. The van der Waals surface area contributed by atoms with Gasteiger partial charge in [0, 0.05) is 22.7 Å². The molecule has 3 aromatic rings. The van der Waals surface area contributed by atoms with Crippen LogP contribution in [0.3, 0.4) is 0 Å². The molecule has 0 amide bonds. The summed E-state index contributed by atoms with van der Waals surface area (Å²) in [7, 11) is 0. The van der Waals surface area contributed by atoms with Crippen molar-refractivity contribution in [3.8, 4) is 0 Å². The molecule has 0 bridgehead atoms. The maximum Gasteiger partial charge on any atom is 0.193 e. The Labute approximate surface area is 124 Å². The molecule has 0 saturated carbocycles. The standard InChI is InChI=1S/C19H17NO/c1-2-4-14-6-8-15(9-7-14)19(21)17-10-11-18-16(13-17)5-3-12-20-18/h3,5-13H,2,4H2,1H3. The summed E-state index contributed by atoms with van der Waals surface area (Å²) in [4.78, 5) is 16.8. The topological polar surface area (TPSA) is 30.0 Å². The molecule has 0 aliphatic rings. The number of pyridine rings is 1. The van der Waals surface area contributed by atoms with E-state index in [0.717, 1.165) is 29.3 Å². The summed E-state index contributed by atoms with van der Waals surface area (Å²) in [6.45, 7) is 2.15. The second kappa shape index (κ2) is 5.88. The third-order valence-corrected chi connectivity index (χ3v) is 3.62. The van der Waals surface area contributed by atoms with E-state index < -0.39 is 0 Å². The van der Waals surface area contributed by atoms with Crippen molar-refractivity contribution < 1.29 is 4.79 Å². The van der Waals surface area contributed by atoms with E-state index in [2.05, 4.69) is 11.9 Å². The summed E-state index contributed by atoms with van der Waals surface area (Å²) in [5.74, 6) is 0.0591. The van der Waals surface area contributed by atoms with Gasteiger partial charge in [-0.15, -0.1) is 0 Å². The summed E-state index contributed by atoms with van der Waals surface area (Å²) in [5.41, 5.74) is 3.63. The van der Waals surface area contributed by atoms with E-state index in [4.69, 9.17) is 0 Å². The smallest absolute Gasteiger partial charge is 0.193 e. The lowest BCUT2D eigenvalue weighted by molar-refractivity contribution is 0.103. The number of hydrogen-bond acceptors (Lipinski definition) is 2. The van der Waals surface area contributed by atoms with Crippen LogP contribution in [0.1, 0.15) is 34.8 Å². The Kier molecular flexibility index (Phi) is 3.78. The molecule has 104 valence electrons. The van der Waals surface area contributed by atoms with Crippen LogP contribution in [-0.2, 0) is 6.42 Å². The summed E-state index contributed by atoms with van der Waals surface area (Å²) >= 11 is 0. The Morgan fingerprint density at radius 2 is 1.76 bits per heavy atom. The predicted octanol–water partition coefficient (Wildman–Crippen LogP) is 4.42. The van der Waals surface area contributed by atoms with Crippen LogP contribution >= 0.6 is 0 Å². The highest BCUT2D eigenvalue weighted by Crippen LogP contribution is 2.17. The maximum atomic E-state index is 12.5. The van der Waals surface area contributed by atoms with Crippen LogP contribution in [0, 0.1) is 0 Å². The zero-order chi connectivity index (χ0) is 14.7. The molecule has 0 atom stereocenters. The van der Waals surface area contributed by atoms with Gasteiger partial charge >= 0.3 is 0 Å². The van der Waals surface area contributed by atoms with E-state index >= 15 is 0 Å². The van der Waals surface area contributed by atoms with E-state index in [0.29, 0.717) is 5.56 Å². The van der Waals surface area contributed by atoms with Gasteiger partial charge in [-0.1, -0.05) is 43.7 Å². The number of nitrogens with zero attached hydrogens (tertiary/aromatic N) is 1. The number of benzene rings is 2. The molecular formula is C19H17NO. The van der Waals surface area contributed by atoms with E-state index in [1.807, 2.05) is 54.6 Å². The molecule has 2 heteroatoms. The number of fused-ring (bicyclic) bond motifs is 1. The molecule has 0 spiro atoms. The van der Waals surface area contributed by atoms with Gasteiger partial charge in [0.2, 0.25) is 0 Å². The van der Waals surface area contributed by atoms with Gasteiger partial charge in [-0.2, -0.15) is 0 Å². The molecule has 1 aromatic heterocycles. The fourth-order valence-corrected chi connectivity index (χ4v) is 2.49. The maximum absolute atomic E-state index is 12.5. The minimum absolute atomic E-state index is 0.0591. The molecule has 0 aliphatic carbocycles. The molecule has 1 heterocycles. The van der Waals surface area contributed by atoms with Crippen LogP contribution in [0.5, 0.6) is 0 Å². The first-order valence-corrected chi connectivity index (χ1v) is 7.26. The van der Waals surface area contributed by atoms with Gasteiger partial charge < -0.3 is 0 Å². The molecule has 0 radical (unpaired) electrons. The van der Waals surface area contributed by atoms with Crippen LogP contribution < -0.4 is 0 Å². The minimum Gasteiger partial charge on any atom is -0.289 e. The molecule has 2 aromatic carbocycles. The lowest BCUT2D eigenvalue weighted by Gasteiger charge is -2.04. The fraction of sp³-hybridized carbons (Fsp3) is 0.158. The first kappa shape index (κ1) is 13.5. The molecule has 0 N–H and O–H groups in total. The highest BCUT2D eigenvalue weighted by Gasteiger charge is 2.09. The predicted molar refractivity (Wildman–Crippen MR) is 85.6 cm³/mol. The number of aromatic nitrogens is 1. The average molecular weight is 275 g/mol. The van der Waals surface area contributed by atoms with E-state index in [9.17, 15) is 4.79 Å². The van der Waals surface area contributed by atoms with Crippen molar-refractivity contribution in [2.75, 3.05) is 0 Å². The van der Waals surface area contributed by atoms with E-state index in [-0.39, 0.29) is 5.78 Å². The van der Waals surface area contributed by atoms with Crippen LogP contribution in [0.15, 0.2) is 60.8 Å². The van der Waals surface area contributed by atoms with Crippen LogP contribution in [0.25, 0.3) is 10.9 Å². The highest BCUT2D eigenvalue weighted by molar-refractivity contribution is 6.10. The van der Waals surface area contributed by atoms with Crippen LogP contribution in [0.2, 0.25) is 0 Å². The summed E-state index contributed by atoms with van der Waals surface area (Å²) in [5, 5.41) is 0.992. The average Bonchev–Trinajstić information content (AvgIpc) is 2.55. The van der Waals surface area contributed by atoms with Crippen molar-refractivity contribution in [2.24, 2.45) is 0 Å². The summed E-state index contributed by atoms with van der Waals surface area (Å²) < 4.78 is 0. The van der Waals surface area contributed by atoms with Gasteiger partial charge in [0.1, 0.15) is 0 Å². The van der Waals surface area contributed by atoms with Crippen LogP contribution in [0.4, 0.5) is 0 Å². The lowest BCUT2D eigenvalue weighted by atomic mass is 9.99. The Balaban J connectivity index is 1.92. The third kappa shape index (κ3) is 2.84. The largest absolute Gasteiger partial charge is 0.289 e. The van der Waals surface area contributed by atoms with Crippen LogP contribution in [-0.4, -0.2) is 10.8 Å². The Morgan fingerprint density at radius 1 is 1.00 bits per heavy atom. The Bertz CT molecular complexity index is 775. The number of carbonyl (C=O) groups is 1. The van der Waals surface area contributed by atoms with Crippen molar-refractivity contribution in [1.82, 2.24) is 4.98 Å². The van der Waals surface area contributed by atoms with Crippen molar-refractivity contribution in [2.45, 2.75) is 19.8 Å². The molecule has 0 fully saturated rings. The van der Waals surface area contributed by atoms with Gasteiger partial charge in [-0.25, -0.2) is 0 Å². The monoisotopic (exact) mass is 275 g/mol. The van der Waals surface area contributed by atoms with Gasteiger partial charge in [0.05, 0.1) is 5.52 Å². The fourth-order valence-electron chi connectivity index (χ4n) is 2.49. The van der Waals surface area contributed by atoms with Crippen molar-refractivity contribution in [3.05, 3.63) is 77.5 Å². The molecule has 3 rings (SSSR count). The van der Waals surface area contributed by atoms with E-state index in [1.165, 1.54) is 5.56 Å². The minimum atomic E-state index is 0.0591. The molecule has 21 heavy (non-hydrogen) atoms. The SMILES string of the molecule is CCCc1ccc(C(=O)c2ccc3ncccc3c2)cc1. The summed E-state index contributed by atoms with van der Waals surface area (Å²) in [6, 6.07) is 17.4. The Hall–Kier alpha value is -2.48. The van der Waals surface area contributed by atoms with Gasteiger partial charge in [-0.05, 0) is 36.2 Å². The summed E-state index contributed by atoms with van der Waals surface area (Å²) in [6.07, 6.45) is 3.93. The van der Waals surface area contributed by atoms with Crippen molar-refractivity contribution >= 4 is 16.7 Å². The van der Waals surface area contributed by atoms with Gasteiger partial charge in [-0.3, -0.25) is 9.78 Å². The quantitative estimate of drug-likeness (QED) is 0.660. The highest BCUT2D eigenvalue weighted by atomic mass is 16.1. The number of carbonyl (C=O) groups excluding carboxylic acids is 1. The van der Waals surface area contributed by atoms with E-state index in [1.54, 1.807) is 6.20 Å². The number of aryl methyl sites for hydroxylation is 1. The first-order valence-electron chi connectivity index (χ1n) is 7.26. The van der Waals surface area contributed by atoms with Crippen molar-refractivity contribution in [1.29, 1.82) is 0 Å². The molecular weight excluding hydrogens is 258 g/mol. The zero-order valence-electron chi connectivity index (χ0n) is 12.0.